The predicted octanol–water partition coefficient (Wildman–Crippen LogP) is 2.91. The smallest absolute Gasteiger partial charge is 0.248 e. The highest BCUT2D eigenvalue weighted by Crippen LogP contribution is 2.31. The molecule has 3 rings (SSSR count). The molecule has 0 aliphatic rings. The normalized spacial score (nSPS) is 11.9. The summed E-state index contributed by atoms with van der Waals surface area (Å²) in [5.41, 5.74) is 1.49. The quantitative estimate of drug-likeness (QED) is 0.340. The summed E-state index contributed by atoms with van der Waals surface area (Å²) in [7, 11) is 3.22. The van der Waals surface area contributed by atoms with Crippen molar-refractivity contribution in [1.29, 1.82) is 0 Å². The maximum Gasteiger partial charge on any atom is 0.248 e. The van der Waals surface area contributed by atoms with Crippen LogP contribution < -0.4 is 29.8 Å². The maximum absolute atomic E-state index is 11.8. The number of aliphatic hydroxyl groups excluding tert-OH is 1. The molecule has 0 saturated heterocycles. The van der Waals surface area contributed by atoms with Gasteiger partial charge in [-0.2, -0.15) is 0 Å². The Balaban J connectivity index is 1.51. The van der Waals surface area contributed by atoms with Gasteiger partial charge in [0.1, 0.15) is 24.2 Å². The van der Waals surface area contributed by atoms with Crippen LogP contribution >= 0.6 is 0 Å². The van der Waals surface area contributed by atoms with Crippen LogP contribution in [0.15, 0.2) is 47.3 Å². The second-order valence-electron chi connectivity index (χ2n) is 7.63. The van der Waals surface area contributed by atoms with Gasteiger partial charge in [-0.1, -0.05) is 13.0 Å². The minimum atomic E-state index is -0.691. The predicted molar refractivity (Wildman–Crippen MR) is 128 cm³/mol. The van der Waals surface area contributed by atoms with Crippen molar-refractivity contribution in [1.82, 2.24) is 10.3 Å². The van der Waals surface area contributed by atoms with E-state index < -0.39 is 6.10 Å². The van der Waals surface area contributed by atoms with Crippen LogP contribution in [0.3, 0.4) is 0 Å². The molecule has 0 fully saturated rings. The van der Waals surface area contributed by atoms with E-state index in [-0.39, 0.29) is 12.2 Å². The minimum Gasteiger partial charge on any atom is -0.493 e. The molecule has 2 aromatic carbocycles. The number of benzene rings is 2. The van der Waals surface area contributed by atoms with Gasteiger partial charge in [-0.15, -0.1) is 0 Å². The third kappa shape index (κ3) is 6.63. The zero-order valence-corrected chi connectivity index (χ0v) is 19.3. The number of pyridine rings is 1. The first-order valence-electron chi connectivity index (χ1n) is 11.1. The van der Waals surface area contributed by atoms with Crippen molar-refractivity contribution >= 4 is 10.9 Å². The molecule has 8 nitrogen and oxygen atoms in total. The Hall–Kier alpha value is -3.23. The molecule has 8 heteroatoms. The lowest BCUT2D eigenvalue weighted by Crippen LogP contribution is -2.32. The van der Waals surface area contributed by atoms with Crippen molar-refractivity contribution in [2.45, 2.75) is 25.9 Å². The number of methoxy groups -OCH3 is 2. The van der Waals surface area contributed by atoms with E-state index in [1.54, 1.807) is 32.4 Å². The molecule has 1 aromatic heterocycles. The Labute approximate surface area is 193 Å². The lowest BCUT2D eigenvalue weighted by atomic mass is 10.1. The summed E-state index contributed by atoms with van der Waals surface area (Å²) in [5, 5.41) is 14.3. The Kier molecular flexibility index (Phi) is 8.97. The second-order valence-corrected chi connectivity index (χ2v) is 7.63. The van der Waals surface area contributed by atoms with E-state index in [4.69, 9.17) is 18.9 Å². The molecule has 0 aliphatic carbocycles. The number of rotatable bonds is 13. The third-order valence-electron chi connectivity index (χ3n) is 5.13. The zero-order valence-electron chi connectivity index (χ0n) is 19.3. The monoisotopic (exact) mass is 456 g/mol. The molecule has 0 spiro atoms. The van der Waals surface area contributed by atoms with E-state index in [1.165, 1.54) is 6.07 Å². The van der Waals surface area contributed by atoms with Crippen molar-refractivity contribution in [2.24, 2.45) is 0 Å². The zero-order chi connectivity index (χ0) is 23.6. The summed E-state index contributed by atoms with van der Waals surface area (Å²) in [6.07, 6.45) is 0.955. The lowest BCUT2D eigenvalue weighted by Gasteiger charge is -2.16. The number of hydrogen-bond donors (Lipinski definition) is 3. The highest BCUT2D eigenvalue weighted by Gasteiger charge is 2.12. The van der Waals surface area contributed by atoms with Gasteiger partial charge in [0.25, 0.3) is 0 Å². The first-order valence-corrected chi connectivity index (χ1v) is 11.1. The fourth-order valence-electron chi connectivity index (χ4n) is 3.44. The van der Waals surface area contributed by atoms with Crippen molar-refractivity contribution in [3.05, 3.63) is 58.4 Å². The summed E-state index contributed by atoms with van der Waals surface area (Å²) in [6, 6.07) is 12.5. The molecule has 1 atom stereocenters. The average Bonchev–Trinajstić information content (AvgIpc) is 2.84. The second kappa shape index (κ2) is 12.1. The molecule has 0 aliphatic heterocycles. The molecule has 0 radical (unpaired) electrons. The molecule has 3 aromatic rings. The van der Waals surface area contributed by atoms with Gasteiger partial charge in [-0.25, -0.2) is 0 Å². The molecule has 178 valence electrons. The Morgan fingerprint density at radius 2 is 1.73 bits per heavy atom. The van der Waals surface area contributed by atoms with Crippen LogP contribution in [-0.2, 0) is 6.42 Å². The molecule has 0 bridgehead atoms. The van der Waals surface area contributed by atoms with Gasteiger partial charge >= 0.3 is 0 Å². The van der Waals surface area contributed by atoms with Crippen LogP contribution in [0.25, 0.3) is 10.9 Å². The third-order valence-corrected chi connectivity index (χ3v) is 5.13. The van der Waals surface area contributed by atoms with Crippen LogP contribution in [0.4, 0.5) is 0 Å². The van der Waals surface area contributed by atoms with Crippen molar-refractivity contribution in [2.75, 3.05) is 40.5 Å². The minimum absolute atomic E-state index is 0.118. The molecule has 3 N–H and O–H groups in total. The van der Waals surface area contributed by atoms with Gasteiger partial charge in [0.2, 0.25) is 5.56 Å². The van der Waals surface area contributed by atoms with Crippen LogP contribution in [0.5, 0.6) is 23.0 Å². The topological polar surface area (TPSA) is 102 Å². The largest absolute Gasteiger partial charge is 0.493 e. The number of nitrogens with one attached hydrogen (secondary N) is 2. The van der Waals surface area contributed by atoms with Crippen LogP contribution in [0.1, 0.15) is 18.9 Å². The number of fused-ring (bicyclic) bond motifs is 1. The van der Waals surface area contributed by atoms with Gasteiger partial charge in [-0.05, 0) is 55.3 Å². The molecule has 0 amide bonds. The van der Waals surface area contributed by atoms with Gasteiger partial charge < -0.3 is 34.4 Å². The van der Waals surface area contributed by atoms with Gasteiger partial charge in [0, 0.05) is 18.0 Å². The Morgan fingerprint density at radius 3 is 2.48 bits per heavy atom. The molecular formula is C25H32N2O6. The SMILES string of the molecule is CCCOc1ccc(OCC(O)CNCCc2ccc(OC)c(OC)c2)c2ccc(=O)[nH]c12. The van der Waals surface area contributed by atoms with Crippen molar-refractivity contribution in [3.8, 4) is 23.0 Å². The summed E-state index contributed by atoms with van der Waals surface area (Å²) >= 11 is 0. The van der Waals surface area contributed by atoms with Crippen LogP contribution in [0.2, 0.25) is 0 Å². The van der Waals surface area contributed by atoms with E-state index in [2.05, 4.69) is 10.3 Å². The molecular weight excluding hydrogens is 424 g/mol. The van der Waals surface area contributed by atoms with Crippen molar-refractivity contribution in [3.63, 3.8) is 0 Å². The summed E-state index contributed by atoms with van der Waals surface area (Å²) < 4.78 is 22.2. The number of aromatic amines is 1. The van der Waals surface area contributed by atoms with Gasteiger partial charge in [0.15, 0.2) is 11.5 Å². The number of aromatic nitrogens is 1. The highest BCUT2D eigenvalue weighted by molar-refractivity contribution is 5.89. The number of hydrogen-bond acceptors (Lipinski definition) is 7. The van der Waals surface area contributed by atoms with Crippen LogP contribution in [0, 0.1) is 0 Å². The van der Waals surface area contributed by atoms with Crippen molar-refractivity contribution < 1.29 is 24.1 Å². The Morgan fingerprint density at radius 1 is 0.970 bits per heavy atom. The molecule has 0 saturated carbocycles. The molecule has 33 heavy (non-hydrogen) atoms. The molecule has 1 heterocycles. The van der Waals surface area contributed by atoms with E-state index >= 15 is 0 Å². The van der Waals surface area contributed by atoms with E-state index in [1.807, 2.05) is 25.1 Å². The first-order chi connectivity index (χ1) is 16.0. The first kappa shape index (κ1) is 24.4. The fraction of sp³-hybridized carbons (Fsp3) is 0.400. The van der Waals surface area contributed by atoms with E-state index in [9.17, 15) is 9.90 Å². The summed E-state index contributed by atoms with van der Waals surface area (Å²) in [6.45, 7) is 3.78. The highest BCUT2D eigenvalue weighted by atomic mass is 16.5. The summed E-state index contributed by atoms with van der Waals surface area (Å²) in [5.74, 6) is 2.58. The lowest BCUT2D eigenvalue weighted by molar-refractivity contribution is 0.107. The van der Waals surface area contributed by atoms with E-state index in [0.29, 0.717) is 48.2 Å². The standard InChI is InChI=1S/C25H32N2O6/c1-4-13-32-22-9-8-20(19-6-10-24(29)27-25(19)22)33-16-18(28)15-26-12-11-17-5-7-21(30-2)23(14-17)31-3/h5-10,14,18,26,28H,4,11-13,15-16H2,1-3H3,(H,27,29). The summed E-state index contributed by atoms with van der Waals surface area (Å²) in [4.78, 5) is 14.6. The fourth-order valence-corrected chi connectivity index (χ4v) is 3.44. The van der Waals surface area contributed by atoms with Crippen LogP contribution in [-0.4, -0.2) is 56.7 Å². The Bertz CT molecular complexity index is 1100. The van der Waals surface area contributed by atoms with Gasteiger partial charge in [0.05, 0.1) is 26.3 Å². The number of ether oxygens (including phenoxy) is 4. The molecule has 1 unspecified atom stereocenters. The average molecular weight is 457 g/mol. The number of H-pyrrole nitrogens is 1. The van der Waals surface area contributed by atoms with E-state index in [0.717, 1.165) is 23.8 Å². The number of aliphatic hydroxyl groups is 1. The van der Waals surface area contributed by atoms with Gasteiger partial charge in [-0.3, -0.25) is 4.79 Å². The maximum atomic E-state index is 11.8.